The lowest BCUT2D eigenvalue weighted by molar-refractivity contribution is 0.769. The zero-order valence-electron chi connectivity index (χ0n) is 27.7. The van der Waals surface area contributed by atoms with E-state index >= 15 is 0 Å². The van der Waals surface area contributed by atoms with Crippen molar-refractivity contribution < 1.29 is 0 Å². The second-order valence-corrected chi connectivity index (χ2v) is 13.2. The SMILES string of the molecule is c1ccc(-c2nc(-c3ccc4ccccc4c3)nc(-c3cccc4cc5c(cc34)-c3ccccc3C5(c3ccccc3)c3ccccc3)n2)cc1. The van der Waals surface area contributed by atoms with Crippen LogP contribution in [0.2, 0.25) is 0 Å². The largest absolute Gasteiger partial charge is 0.208 e. The summed E-state index contributed by atoms with van der Waals surface area (Å²) in [5, 5.41) is 4.59. The van der Waals surface area contributed by atoms with Crippen molar-refractivity contribution in [3.8, 4) is 45.3 Å². The zero-order valence-corrected chi connectivity index (χ0v) is 27.7. The molecule has 238 valence electrons. The quantitative estimate of drug-likeness (QED) is 0.186. The molecule has 0 aliphatic heterocycles. The second-order valence-electron chi connectivity index (χ2n) is 13.2. The molecule has 0 spiro atoms. The molecule has 0 unspecified atom stereocenters. The zero-order chi connectivity index (χ0) is 33.8. The normalized spacial score (nSPS) is 12.9. The van der Waals surface area contributed by atoms with E-state index in [2.05, 4.69) is 170 Å². The molecule has 0 atom stereocenters. The number of benzene rings is 8. The summed E-state index contributed by atoms with van der Waals surface area (Å²) < 4.78 is 0. The van der Waals surface area contributed by atoms with Gasteiger partial charge in [0.2, 0.25) is 0 Å². The highest BCUT2D eigenvalue weighted by atomic mass is 15.0. The average molecular weight is 650 g/mol. The molecular formula is C48H31N3. The Bertz CT molecular complexity index is 2700. The van der Waals surface area contributed by atoms with Gasteiger partial charge in [-0.05, 0) is 73.1 Å². The van der Waals surface area contributed by atoms with Gasteiger partial charge in [0.25, 0.3) is 0 Å². The van der Waals surface area contributed by atoms with E-state index in [1.54, 1.807) is 0 Å². The van der Waals surface area contributed by atoms with Gasteiger partial charge in [-0.3, -0.25) is 0 Å². The van der Waals surface area contributed by atoms with E-state index in [0.717, 1.165) is 32.8 Å². The van der Waals surface area contributed by atoms with E-state index in [1.807, 2.05) is 18.2 Å². The highest BCUT2D eigenvalue weighted by Gasteiger charge is 2.46. The van der Waals surface area contributed by atoms with Gasteiger partial charge in [0.1, 0.15) is 0 Å². The lowest BCUT2D eigenvalue weighted by Crippen LogP contribution is -2.28. The van der Waals surface area contributed by atoms with Crippen LogP contribution in [0.5, 0.6) is 0 Å². The van der Waals surface area contributed by atoms with Gasteiger partial charge in [0.15, 0.2) is 17.5 Å². The summed E-state index contributed by atoms with van der Waals surface area (Å²) in [7, 11) is 0. The maximum atomic E-state index is 5.20. The van der Waals surface area contributed by atoms with E-state index in [1.165, 1.54) is 38.8 Å². The minimum atomic E-state index is -0.463. The van der Waals surface area contributed by atoms with Crippen LogP contribution in [0.25, 0.3) is 66.8 Å². The molecule has 8 aromatic carbocycles. The third-order valence-electron chi connectivity index (χ3n) is 10.4. The fraction of sp³-hybridized carbons (Fsp3) is 0.0208. The van der Waals surface area contributed by atoms with Crippen LogP contribution in [0.15, 0.2) is 188 Å². The van der Waals surface area contributed by atoms with Crippen molar-refractivity contribution in [3.05, 3.63) is 210 Å². The predicted molar refractivity (Wildman–Crippen MR) is 208 cm³/mol. The lowest BCUT2D eigenvalue weighted by Gasteiger charge is -2.34. The maximum absolute atomic E-state index is 5.20. The lowest BCUT2D eigenvalue weighted by atomic mass is 9.67. The molecule has 0 N–H and O–H groups in total. The monoisotopic (exact) mass is 649 g/mol. The molecule has 0 amide bonds. The standard InChI is InChI=1S/C48H31N3/c1-4-16-33(17-5-1)45-49-46(36-28-27-32-15-10-11-18-34(32)29-36)51-47(50-45)40-25-14-19-35-30-44-42(31-41(35)40)39-24-12-13-26-43(39)48(44,37-20-6-2-7-21-37)38-22-8-3-9-23-38/h1-31H. The van der Waals surface area contributed by atoms with Gasteiger partial charge >= 0.3 is 0 Å². The Morgan fingerprint density at radius 2 is 0.882 bits per heavy atom. The Kier molecular flexibility index (Phi) is 6.71. The molecule has 1 aliphatic rings. The number of rotatable bonds is 5. The minimum absolute atomic E-state index is 0.463. The maximum Gasteiger partial charge on any atom is 0.164 e. The van der Waals surface area contributed by atoms with Gasteiger partial charge in [0, 0.05) is 16.7 Å². The molecule has 9 aromatic rings. The summed E-state index contributed by atoms with van der Waals surface area (Å²) in [4.78, 5) is 15.4. The van der Waals surface area contributed by atoms with E-state index in [9.17, 15) is 0 Å². The number of nitrogens with zero attached hydrogens (tertiary/aromatic N) is 3. The Morgan fingerprint density at radius 1 is 0.314 bits per heavy atom. The van der Waals surface area contributed by atoms with Crippen LogP contribution in [0, 0.1) is 0 Å². The first-order valence-electron chi connectivity index (χ1n) is 17.4. The molecule has 0 saturated heterocycles. The van der Waals surface area contributed by atoms with Crippen molar-refractivity contribution in [2.45, 2.75) is 5.41 Å². The molecule has 1 heterocycles. The molecular weight excluding hydrogens is 619 g/mol. The molecule has 51 heavy (non-hydrogen) atoms. The van der Waals surface area contributed by atoms with Gasteiger partial charge in [-0.15, -0.1) is 0 Å². The van der Waals surface area contributed by atoms with Gasteiger partial charge < -0.3 is 0 Å². The van der Waals surface area contributed by atoms with Crippen LogP contribution < -0.4 is 0 Å². The minimum Gasteiger partial charge on any atom is -0.208 e. The molecule has 3 nitrogen and oxygen atoms in total. The third kappa shape index (κ3) is 4.63. The Hall–Kier alpha value is -6.71. The number of hydrogen-bond donors (Lipinski definition) is 0. The Morgan fingerprint density at radius 3 is 1.63 bits per heavy atom. The van der Waals surface area contributed by atoms with Crippen LogP contribution in [0.3, 0.4) is 0 Å². The van der Waals surface area contributed by atoms with E-state index in [-0.39, 0.29) is 0 Å². The first-order chi connectivity index (χ1) is 25.3. The van der Waals surface area contributed by atoms with Crippen molar-refractivity contribution >= 4 is 21.5 Å². The number of hydrogen-bond acceptors (Lipinski definition) is 3. The van der Waals surface area contributed by atoms with Crippen LogP contribution in [0.4, 0.5) is 0 Å². The summed E-state index contributed by atoms with van der Waals surface area (Å²) in [6.45, 7) is 0. The molecule has 0 saturated carbocycles. The number of fused-ring (bicyclic) bond motifs is 5. The second kappa shape index (κ2) is 11.7. The van der Waals surface area contributed by atoms with Gasteiger partial charge in [-0.1, -0.05) is 170 Å². The first kappa shape index (κ1) is 29.2. The number of aromatic nitrogens is 3. The molecule has 0 fully saturated rings. The van der Waals surface area contributed by atoms with Crippen LogP contribution in [-0.2, 0) is 5.41 Å². The predicted octanol–water partition coefficient (Wildman–Crippen LogP) is 11.5. The fourth-order valence-electron chi connectivity index (χ4n) is 8.08. The van der Waals surface area contributed by atoms with E-state index < -0.39 is 5.41 Å². The third-order valence-corrected chi connectivity index (χ3v) is 10.4. The summed E-state index contributed by atoms with van der Waals surface area (Å²) in [5.41, 5.74) is 9.98. The summed E-state index contributed by atoms with van der Waals surface area (Å²) in [6, 6.07) is 67.0. The summed E-state index contributed by atoms with van der Waals surface area (Å²) in [6.07, 6.45) is 0. The molecule has 1 aliphatic carbocycles. The van der Waals surface area contributed by atoms with Crippen molar-refractivity contribution in [2.24, 2.45) is 0 Å². The Balaban J connectivity index is 1.24. The molecule has 10 rings (SSSR count). The molecule has 1 aromatic heterocycles. The molecule has 0 radical (unpaired) electrons. The summed E-state index contributed by atoms with van der Waals surface area (Å²) in [5.74, 6) is 1.96. The Labute approximate surface area is 296 Å². The van der Waals surface area contributed by atoms with Crippen LogP contribution >= 0.6 is 0 Å². The highest BCUT2D eigenvalue weighted by molar-refractivity contribution is 6.02. The van der Waals surface area contributed by atoms with Crippen LogP contribution in [-0.4, -0.2) is 15.0 Å². The highest BCUT2D eigenvalue weighted by Crippen LogP contribution is 2.57. The van der Waals surface area contributed by atoms with E-state index in [0.29, 0.717) is 17.5 Å². The molecule has 0 bridgehead atoms. The first-order valence-corrected chi connectivity index (χ1v) is 17.4. The van der Waals surface area contributed by atoms with Crippen LogP contribution in [0.1, 0.15) is 22.3 Å². The average Bonchev–Trinajstić information content (AvgIpc) is 3.50. The van der Waals surface area contributed by atoms with Crippen molar-refractivity contribution in [1.29, 1.82) is 0 Å². The van der Waals surface area contributed by atoms with E-state index in [4.69, 9.17) is 15.0 Å². The topological polar surface area (TPSA) is 38.7 Å². The van der Waals surface area contributed by atoms with Gasteiger partial charge in [-0.2, -0.15) is 0 Å². The summed E-state index contributed by atoms with van der Waals surface area (Å²) >= 11 is 0. The van der Waals surface area contributed by atoms with Crippen molar-refractivity contribution in [2.75, 3.05) is 0 Å². The molecule has 3 heteroatoms. The van der Waals surface area contributed by atoms with Gasteiger partial charge in [0.05, 0.1) is 5.41 Å². The van der Waals surface area contributed by atoms with Crippen molar-refractivity contribution in [1.82, 2.24) is 15.0 Å². The van der Waals surface area contributed by atoms with Crippen molar-refractivity contribution in [3.63, 3.8) is 0 Å². The smallest absolute Gasteiger partial charge is 0.164 e. The fourth-order valence-corrected chi connectivity index (χ4v) is 8.08. The van der Waals surface area contributed by atoms with Gasteiger partial charge in [-0.25, -0.2) is 15.0 Å².